The maximum Gasteiger partial charge on any atom is 0.470 e. The number of hydrogen-bond donors (Lipinski definition) is 43. The van der Waals surface area contributed by atoms with Crippen LogP contribution < -0.4 is 16.4 Å². The summed E-state index contributed by atoms with van der Waals surface area (Å²) in [6.07, 6.45) is -142. The molecule has 0 aromatic heterocycles. The SMILES string of the molecule is CC(=O)N[C@H]1[C@@H](OC[C@H](O)[C@H]2O[C@H](O[C@@H]3[C@@H](O[C@@H]4[C@H](O)[C@@H](O[C@H]5[C@@H]([C@H](O)CO)O[C@@](OC[C@H]6O[C@@H](OC[C@@H](O)[C@@H](O)[C@H](O)[C@H](CO)NC(C)=O)[C@H](N)[C@@H](O)[C@@H]6OP(=O)(O)O)(C(=O)O)C[C@H]5OP(=O)(O)O)O[C@H]([C@H](CO)O[C@H]5O[C@H](CO)[C@@H](O)[C@H](O)[C@H]5O)[C@H]4O[C@@H]4O[C@H](CO)[C@@H](O)[C@H](O)[C@H]4O)O[C@H]([C@H](CO)O[C@H]4O[C@H]([C@@H](O)CO)[C@@H](O)[C@H](O)[C@@H]4O)[C@@H](O)[C@@H]3O)[C@@H](O)[C@@H](O[C@@H]3O[C@H](CO)[C@H](O)[C@H](O)[C@H]3O)[C@@H]2O)O[C@H](CO)[C@@H](O)[C@@H]1O. The molecule has 72 heteroatoms. The fraction of sp³-hybridized carbons (Fsp3) is 0.961. The van der Waals surface area contributed by atoms with Gasteiger partial charge in [0.25, 0.3) is 5.79 Å². The standard InChI is InChI=1S/C76H133N3O67P2/c1-16(89)78-18(4-80)33(95)34(96)21(93)13-125-66-31(77)39(101)59(146-148(122,123)124)30(134-66)15-127-76(75(117)118)3-23(145-147(119,120)121)60(57(144-76)20(92)6-82)138-73-54(116)63(65(143-70-50(112)43(105)38(100)27(10-86)131-70)61(139-73)29(12-88)133-68-48(110)41(103)36(98)25(8-84)129-68)141-74-64(47(109)46(108)58(137-74)28(11-87)132-71-51(113)44(106)45(107)55(135-71)19(91)5-81)142-72-53(115)62(140-69-49(111)42(104)37(99)26(9-85)130-69)52(114)56(136-72)22(94)14-126-67-32(79-17(2)90)40(102)35(97)24(7-83)128-67/h18-74,80-88,91-116H,3-15,77H2,1-2H3,(H,78,89)(H,79,90)(H,117,118)(H2,119,120,121)(H2,122,123,124)/t18-,19-,20+,21+,22-,23+,24+,25+,26+,27+,28-,29-,30+,31+,32+,33+,34+,35+,36+,37-,38+,39+,40+,41-,42-,43-,44-,45-,46-,47-,48+,49+,50+,51-,52+,53-,54-,55+,56+,57+,58+,59+,60+,61+,62-,63+,64-,65+,66+,67-,68+,69-,70-,71-,72+,73-,74+,76+/m0/s1. The zero-order chi connectivity index (χ0) is 110. The Morgan fingerprint density at radius 2 is 0.770 bits per heavy atom. The Hall–Kier alpha value is -3.61. The molecule has 10 heterocycles. The van der Waals surface area contributed by atoms with E-state index in [9.17, 15) is 227 Å². The van der Waals surface area contributed by atoms with Crippen LogP contribution in [0.25, 0.3) is 0 Å². The van der Waals surface area contributed by atoms with Crippen molar-refractivity contribution < 1.29 is 331 Å². The number of nitrogens with two attached hydrogens (primary N) is 1. The number of amides is 2. The number of rotatable bonds is 47. The van der Waals surface area contributed by atoms with Crippen molar-refractivity contribution in [1.29, 1.82) is 0 Å². The average molecular weight is 2220 g/mol. The van der Waals surface area contributed by atoms with Gasteiger partial charge >= 0.3 is 21.6 Å². The quantitative estimate of drug-likeness (QED) is 0.0252. The largest absolute Gasteiger partial charge is 0.477 e. The first-order chi connectivity index (χ1) is 69.4. The third-order valence-corrected chi connectivity index (χ3v) is 27.0. The Labute approximate surface area is 832 Å². The van der Waals surface area contributed by atoms with Crippen molar-refractivity contribution in [2.24, 2.45) is 5.73 Å². The first-order valence-electron chi connectivity index (χ1n) is 45.6. The maximum atomic E-state index is 14.2. The number of phosphoric acid groups is 2. The third-order valence-electron chi connectivity index (χ3n) is 25.9. The summed E-state index contributed by atoms with van der Waals surface area (Å²) in [4.78, 5) is 80.4. The van der Waals surface area contributed by atoms with E-state index in [1.807, 2.05) is 0 Å². The molecule has 864 valence electrons. The van der Waals surface area contributed by atoms with Crippen LogP contribution in [0, 0.1) is 0 Å². The number of aliphatic hydroxyl groups is 35. The Balaban J connectivity index is 1.14. The molecule has 10 fully saturated rings. The van der Waals surface area contributed by atoms with E-state index in [2.05, 4.69) is 10.6 Å². The van der Waals surface area contributed by atoms with Crippen molar-refractivity contribution in [1.82, 2.24) is 10.6 Å². The Bertz CT molecular complexity index is 4160. The van der Waals surface area contributed by atoms with Crippen molar-refractivity contribution in [3.63, 3.8) is 0 Å². The fourth-order valence-corrected chi connectivity index (χ4v) is 19.0. The number of carbonyl (C=O) groups excluding carboxylic acids is 2. The summed E-state index contributed by atoms with van der Waals surface area (Å²) < 4.78 is 154. The number of hydrogen-bond acceptors (Lipinski definition) is 63. The number of aliphatic hydroxyl groups excluding tert-OH is 35. The topological polar surface area (TPSA) is 1150 Å². The first-order valence-corrected chi connectivity index (χ1v) is 48.6. The van der Waals surface area contributed by atoms with Crippen LogP contribution in [0.1, 0.15) is 20.3 Å². The smallest absolute Gasteiger partial charge is 0.470 e. The van der Waals surface area contributed by atoms with E-state index in [1.165, 1.54) is 0 Å². The van der Waals surface area contributed by atoms with Crippen LogP contribution in [0.15, 0.2) is 0 Å². The molecule has 2 amide bonds. The lowest BCUT2D eigenvalue weighted by Crippen LogP contribution is -2.71. The van der Waals surface area contributed by atoms with Crippen LogP contribution in [0.2, 0.25) is 0 Å². The van der Waals surface area contributed by atoms with Gasteiger partial charge in [0.1, 0.15) is 281 Å². The molecule has 0 aromatic rings. The minimum Gasteiger partial charge on any atom is -0.477 e. The minimum absolute atomic E-state index is 0.860. The molecule has 70 nitrogen and oxygen atoms in total. The monoisotopic (exact) mass is 2220 g/mol. The summed E-state index contributed by atoms with van der Waals surface area (Å²) in [7, 11) is -12.5. The maximum absolute atomic E-state index is 14.2. The fourth-order valence-electron chi connectivity index (χ4n) is 17.9. The molecular formula is C76H133N3O67P2. The molecule has 0 aromatic carbocycles. The van der Waals surface area contributed by atoms with Gasteiger partial charge in [-0.1, -0.05) is 0 Å². The molecule has 10 saturated heterocycles. The molecule has 44 N–H and O–H groups in total. The summed E-state index contributed by atoms with van der Waals surface area (Å²) in [5, 5.41) is 411. The molecule has 0 unspecified atom stereocenters. The molecule has 0 radical (unpaired) electrons. The van der Waals surface area contributed by atoms with Gasteiger partial charge in [-0.15, -0.1) is 0 Å². The minimum atomic E-state index is -6.47. The van der Waals surface area contributed by atoms with Gasteiger partial charge in [0.2, 0.25) is 11.8 Å². The van der Waals surface area contributed by atoms with Crippen LogP contribution >= 0.6 is 15.6 Å². The highest BCUT2D eigenvalue weighted by Gasteiger charge is 2.66. The average Bonchev–Trinajstić information content (AvgIpc) is 0.743. The molecule has 58 atom stereocenters. The van der Waals surface area contributed by atoms with E-state index >= 15 is 0 Å². The van der Waals surface area contributed by atoms with E-state index in [0.717, 1.165) is 13.8 Å². The van der Waals surface area contributed by atoms with Gasteiger partial charge in [-0.25, -0.2) is 13.9 Å². The second kappa shape index (κ2) is 54.3. The summed E-state index contributed by atoms with van der Waals surface area (Å²) in [6.45, 7) is -15.1. The molecule has 0 spiro atoms. The van der Waals surface area contributed by atoms with Gasteiger partial charge in [-0.2, -0.15) is 0 Å². The van der Waals surface area contributed by atoms with Crippen molar-refractivity contribution in [3.05, 3.63) is 0 Å². The summed E-state index contributed by atoms with van der Waals surface area (Å²) in [6, 6.07) is -5.63. The highest BCUT2D eigenvalue weighted by Crippen LogP contribution is 2.49. The second-order valence-electron chi connectivity index (χ2n) is 36.3. The van der Waals surface area contributed by atoms with Crippen molar-refractivity contribution >= 4 is 33.4 Å². The van der Waals surface area contributed by atoms with Crippen molar-refractivity contribution in [3.8, 4) is 0 Å². The number of carboxylic acid groups (broad SMARTS) is 1. The van der Waals surface area contributed by atoms with Crippen LogP contribution in [-0.4, -0.2) is 656 Å². The number of phosphoric ester groups is 2. The van der Waals surface area contributed by atoms with Gasteiger partial charge in [0, 0.05) is 20.3 Å². The molecular weight excluding hydrogens is 2090 g/mol. The van der Waals surface area contributed by atoms with Gasteiger partial charge in [0.15, 0.2) is 56.6 Å². The normalized spacial score (nSPS) is 45.4. The van der Waals surface area contributed by atoms with Crippen LogP contribution in [0.5, 0.6) is 0 Å². The molecule has 10 aliphatic heterocycles. The third kappa shape index (κ3) is 29.2. The number of aliphatic carboxylic acids is 1. The Morgan fingerprint density at radius 1 is 0.365 bits per heavy atom. The molecule has 0 saturated carbocycles. The zero-order valence-electron chi connectivity index (χ0n) is 77.5. The lowest BCUT2D eigenvalue weighted by Gasteiger charge is -2.53. The lowest BCUT2D eigenvalue weighted by molar-refractivity contribution is -0.423. The molecule has 148 heavy (non-hydrogen) atoms. The second-order valence-corrected chi connectivity index (χ2v) is 38.7. The van der Waals surface area contributed by atoms with E-state index in [0.29, 0.717) is 0 Å². The van der Waals surface area contributed by atoms with Gasteiger partial charge < -0.3 is 315 Å². The van der Waals surface area contributed by atoms with Crippen molar-refractivity contribution in [2.75, 3.05) is 79.3 Å². The van der Waals surface area contributed by atoms with Gasteiger partial charge in [-0.3, -0.25) is 18.6 Å². The van der Waals surface area contributed by atoms with Crippen LogP contribution in [0.4, 0.5) is 0 Å². The zero-order valence-corrected chi connectivity index (χ0v) is 79.3. The molecule has 0 aliphatic carbocycles. The highest BCUT2D eigenvalue weighted by molar-refractivity contribution is 7.46. The first kappa shape index (κ1) is 126. The summed E-state index contributed by atoms with van der Waals surface area (Å²) in [5.74, 6) is -8.22. The Morgan fingerprint density at radius 3 is 1.26 bits per heavy atom. The number of nitrogens with one attached hydrogen (secondary N) is 2. The number of ether oxygens (including phenoxy) is 20. The number of carboxylic acids is 1. The molecule has 0 bridgehead atoms. The highest BCUT2D eigenvalue weighted by atomic mass is 31.2. The van der Waals surface area contributed by atoms with E-state index in [-0.39, 0.29) is 0 Å². The predicted molar refractivity (Wildman–Crippen MR) is 447 cm³/mol. The molecule has 10 rings (SSSR count). The van der Waals surface area contributed by atoms with E-state index in [4.69, 9.17) is 110 Å². The lowest BCUT2D eigenvalue weighted by atomic mass is 9.90. The Kier molecular flexibility index (Phi) is 46.3. The van der Waals surface area contributed by atoms with Gasteiger partial charge in [0.05, 0.1) is 91.4 Å². The molecule has 10 aliphatic rings. The summed E-state index contributed by atoms with van der Waals surface area (Å²) in [5.41, 5.74) is 6.14. The predicted octanol–water partition coefficient (Wildman–Crippen LogP) is -27.6. The summed E-state index contributed by atoms with van der Waals surface area (Å²) >= 11 is 0. The number of carbonyl (C=O) groups is 3. The van der Waals surface area contributed by atoms with Crippen LogP contribution in [0.3, 0.4) is 0 Å². The van der Waals surface area contributed by atoms with E-state index in [1.54, 1.807) is 0 Å². The van der Waals surface area contributed by atoms with Gasteiger partial charge in [-0.05, 0) is 0 Å². The van der Waals surface area contributed by atoms with Crippen molar-refractivity contribution in [2.45, 2.75) is 375 Å². The van der Waals surface area contributed by atoms with Crippen LogP contribution in [-0.2, 0) is 127 Å². The van der Waals surface area contributed by atoms with E-state index < -0.39 is 474 Å².